The highest BCUT2D eigenvalue weighted by Gasteiger charge is 2.21. The van der Waals surface area contributed by atoms with Crippen molar-refractivity contribution in [2.24, 2.45) is 5.92 Å². The summed E-state index contributed by atoms with van der Waals surface area (Å²) in [5, 5.41) is 5.00. The van der Waals surface area contributed by atoms with Gasteiger partial charge in [0, 0.05) is 16.8 Å². The maximum absolute atomic E-state index is 11.8. The number of aryl methyl sites for hydroxylation is 2. The summed E-state index contributed by atoms with van der Waals surface area (Å²) >= 11 is 3.19. The van der Waals surface area contributed by atoms with Crippen molar-refractivity contribution in [2.75, 3.05) is 12.3 Å². The van der Waals surface area contributed by atoms with Gasteiger partial charge >= 0.3 is 0 Å². The zero-order valence-electron chi connectivity index (χ0n) is 11.6. The van der Waals surface area contributed by atoms with Gasteiger partial charge in [-0.3, -0.25) is 4.79 Å². The smallest absolute Gasteiger partial charge is 0.230 e. The van der Waals surface area contributed by atoms with Crippen LogP contribution in [0.1, 0.15) is 23.3 Å². The molecule has 1 saturated carbocycles. The maximum atomic E-state index is 11.8. The third-order valence-electron chi connectivity index (χ3n) is 3.56. The molecule has 0 aliphatic heterocycles. The van der Waals surface area contributed by atoms with Crippen LogP contribution in [0.2, 0.25) is 0 Å². The van der Waals surface area contributed by atoms with Crippen LogP contribution in [0.25, 0.3) is 10.2 Å². The Morgan fingerprint density at radius 2 is 2.25 bits per heavy atom. The van der Waals surface area contributed by atoms with Gasteiger partial charge < -0.3 is 5.32 Å². The Bertz CT molecular complexity index is 649. The molecule has 1 aliphatic carbocycles. The zero-order valence-corrected chi connectivity index (χ0v) is 13.2. The van der Waals surface area contributed by atoms with Crippen molar-refractivity contribution in [3.8, 4) is 0 Å². The van der Waals surface area contributed by atoms with E-state index in [1.54, 1.807) is 17.7 Å². The molecular weight excluding hydrogens is 290 g/mol. The molecule has 0 bridgehead atoms. The molecule has 1 aliphatic rings. The standard InChI is InChI=1S/C14H17N3OS2/c1-8-9(2)20-14-12(8)13(16-7-17-14)19-6-11(18)15-5-10-3-4-10/h7,10H,3-6H2,1-2H3,(H,15,18). The molecule has 1 fully saturated rings. The predicted octanol–water partition coefficient (Wildman–Crippen LogP) is 2.93. The molecule has 3 rings (SSSR count). The summed E-state index contributed by atoms with van der Waals surface area (Å²) in [5.74, 6) is 1.24. The normalized spacial score (nSPS) is 14.7. The molecule has 4 nitrogen and oxygen atoms in total. The minimum Gasteiger partial charge on any atom is -0.355 e. The Morgan fingerprint density at radius 1 is 1.45 bits per heavy atom. The van der Waals surface area contributed by atoms with Crippen molar-refractivity contribution in [1.29, 1.82) is 0 Å². The summed E-state index contributed by atoms with van der Waals surface area (Å²) in [7, 11) is 0. The Hall–Kier alpha value is -1.14. The van der Waals surface area contributed by atoms with Gasteiger partial charge in [0.05, 0.1) is 5.75 Å². The number of amides is 1. The van der Waals surface area contributed by atoms with Crippen LogP contribution in [0.4, 0.5) is 0 Å². The second-order valence-electron chi connectivity index (χ2n) is 5.18. The molecule has 2 aromatic heterocycles. The molecule has 20 heavy (non-hydrogen) atoms. The Labute approximate surface area is 126 Å². The van der Waals surface area contributed by atoms with Gasteiger partial charge in [-0.15, -0.1) is 11.3 Å². The van der Waals surface area contributed by atoms with Gasteiger partial charge in [0.2, 0.25) is 5.91 Å². The highest BCUT2D eigenvalue weighted by molar-refractivity contribution is 8.00. The predicted molar refractivity (Wildman–Crippen MR) is 83.3 cm³/mol. The number of carbonyl (C=O) groups is 1. The number of thiophene rings is 1. The zero-order chi connectivity index (χ0) is 14.1. The average Bonchev–Trinajstić information content (AvgIpc) is 3.21. The van der Waals surface area contributed by atoms with Crippen LogP contribution in [0.5, 0.6) is 0 Å². The lowest BCUT2D eigenvalue weighted by Gasteiger charge is -2.05. The van der Waals surface area contributed by atoms with Crippen molar-refractivity contribution < 1.29 is 4.79 Å². The molecule has 0 unspecified atom stereocenters. The fraction of sp³-hybridized carbons (Fsp3) is 0.500. The number of hydrogen-bond donors (Lipinski definition) is 1. The molecule has 0 aromatic carbocycles. The van der Waals surface area contributed by atoms with Crippen LogP contribution in [0, 0.1) is 19.8 Å². The second kappa shape index (κ2) is 5.69. The molecule has 106 valence electrons. The lowest BCUT2D eigenvalue weighted by Crippen LogP contribution is -2.27. The highest BCUT2D eigenvalue weighted by atomic mass is 32.2. The van der Waals surface area contributed by atoms with E-state index in [4.69, 9.17) is 0 Å². The number of aromatic nitrogens is 2. The van der Waals surface area contributed by atoms with Crippen molar-refractivity contribution in [2.45, 2.75) is 31.7 Å². The van der Waals surface area contributed by atoms with Crippen molar-refractivity contribution >= 4 is 39.2 Å². The fourth-order valence-electron chi connectivity index (χ4n) is 2.02. The van der Waals surface area contributed by atoms with Crippen LogP contribution in [0.15, 0.2) is 11.4 Å². The summed E-state index contributed by atoms with van der Waals surface area (Å²) in [4.78, 5) is 22.7. The number of fused-ring (bicyclic) bond motifs is 1. The highest BCUT2D eigenvalue weighted by Crippen LogP contribution is 2.34. The monoisotopic (exact) mass is 307 g/mol. The second-order valence-corrected chi connectivity index (χ2v) is 7.35. The Morgan fingerprint density at radius 3 is 3.00 bits per heavy atom. The van der Waals surface area contributed by atoms with E-state index in [0.717, 1.165) is 27.7 Å². The number of carbonyl (C=O) groups excluding carboxylic acids is 1. The van der Waals surface area contributed by atoms with Crippen molar-refractivity contribution in [3.05, 3.63) is 16.8 Å². The van der Waals surface area contributed by atoms with E-state index in [2.05, 4.69) is 29.1 Å². The summed E-state index contributed by atoms with van der Waals surface area (Å²) in [6.45, 7) is 5.02. The molecule has 0 atom stereocenters. The first-order valence-corrected chi connectivity index (χ1v) is 8.55. The van der Waals surface area contributed by atoms with E-state index in [9.17, 15) is 4.79 Å². The van der Waals surface area contributed by atoms with E-state index in [-0.39, 0.29) is 5.91 Å². The van der Waals surface area contributed by atoms with E-state index < -0.39 is 0 Å². The molecule has 6 heteroatoms. The van der Waals surface area contributed by atoms with Gasteiger partial charge in [-0.05, 0) is 38.2 Å². The lowest BCUT2D eigenvalue weighted by atomic mass is 10.2. The van der Waals surface area contributed by atoms with Crippen LogP contribution < -0.4 is 5.32 Å². The molecule has 1 N–H and O–H groups in total. The first-order chi connectivity index (χ1) is 9.65. The van der Waals surface area contributed by atoms with E-state index >= 15 is 0 Å². The van der Waals surface area contributed by atoms with Crippen LogP contribution >= 0.6 is 23.1 Å². The summed E-state index contributed by atoms with van der Waals surface area (Å²) in [6.07, 6.45) is 4.10. The Balaban J connectivity index is 1.68. The molecular formula is C14H17N3OS2. The van der Waals surface area contributed by atoms with Gasteiger partial charge in [0.25, 0.3) is 0 Å². The fourth-order valence-corrected chi connectivity index (χ4v) is 3.97. The third-order valence-corrected chi connectivity index (χ3v) is 5.66. The number of nitrogens with zero attached hydrogens (tertiary/aromatic N) is 2. The molecule has 0 spiro atoms. The van der Waals surface area contributed by atoms with Crippen LogP contribution in [-0.4, -0.2) is 28.2 Å². The summed E-state index contributed by atoms with van der Waals surface area (Å²) in [6, 6.07) is 0. The molecule has 1 amide bonds. The SMILES string of the molecule is Cc1sc2ncnc(SCC(=O)NCC3CC3)c2c1C. The minimum absolute atomic E-state index is 0.0956. The largest absolute Gasteiger partial charge is 0.355 e. The average molecular weight is 307 g/mol. The van der Waals surface area contributed by atoms with Gasteiger partial charge in [0.15, 0.2) is 0 Å². The lowest BCUT2D eigenvalue weighted by molar-refractivity contribution is -0.118. The van der Waals surface area contributed by atoms with Gasteiger partial charge in [-0.25, -0.2) is 9.97 Å². The molecule has 2 aromatic rings. The van der Waals surface area contributed by atoms with Crippen LogP contribution in [0.3, 0.4) is 0 Å². The van der Waals surface area contributed by atoms with E-state index in [0.29, 0.717) is 5.75 Å². The number of rotatable bonds is 5. The van der Waals surface area contributed by atoms with Gasteiger partial charge in [-0.1, -0.05) is 11.8 Å². The number of hydrogen-bond acceptors (Lipinski definition) is 5. The van der Waals surface area contributed by atoms with Crippen molar-refractivity contribution in [3.63, 3.8) is 0 Å². The van der Waals surface area contributed by atoms with Gasteiger partial charge in [0.1, 0.15) is 16.2 Å². The van der Waals surface area contributed by atoms with E-state index in [1.165, 1.54) is 35.0 Å². The Kier molecular flexibility index (Phi) is 3.94. The molecule has 0 saturated heterocycles. The first kappa shape index (κ1) is 13.8. The maximum Gasteiger partial charge on any atom is 0.230 e. The van der Waals surface area contributed by atoms with E-state index in [1.807, 2.05) is 0 Å². The minimum atomic E-state index is 0.0956. The molecule has 0 radical (unpaired) electrons. The number of nitrogens with one attached hydrogen (secondary N) is 1. The quantitative estimate of drug-likeness (QED) is 0.681. The van der Waals surface area contributed by atoms with Crippen LogP contribution in [-0.2, 0) is 4.79 Å². The first-order valence-electron chi connectivity index (χ1n) is 6.75. The third kappa shape index (κ3) is 2.96. The summed E-state index contributed by atoms with van der Waals surface area (Å²) in [5.41, 5.74) is 1.23. The topological polar surface area (TPSA) is 54.9 Å². The van der Waals surface area contributed by atoms with Crippen molar-refractivity contribution in [1.82, 2.24) is 15.3 Å². The van der Waals surface area contributed by atoms with Gasteiger partial charge in [-0.2, -0.15) is 0 Å². The summed E-state index contributed by atoms with van der Waals surface area (Å²) < 4.78 is 0. The molecule has 2 heterocycles. The number of thioether (sulfide) groups is 1.